The third-order valence-electron chi connectivity index (χ3n) is 4.01. The molecule has 1 saturated heterocycles. The number of ether oxygens (including phenoxy) is 1. The van der Waals surface area contributed by atoms with Crippen molar-refractivity contribution in [3.63, 3.8) is 0 Å². The van der Waals surface area contributed by atoms with Gasteiger partial charge in [-0.3, -0.25) is 9.48 Å². The van der Waals surface area contributed by atoms with Crippen LogP contribution in [0.25, 0.3) is 0 Å². The average Bonchev–Trinajstić information content (AvgIpc) is 3.21. The fraction of sp³-hybridized carbons (Fsp3) is 0.562. The molecule has 0 radical (unpaired) electrons. The zero-order chi connectivity index (χ0) is 17.3. The van der Waals surface area contributed by atoms with Gasteiger partial charge < -0.3 is 10.1 Å². The Labute approximate surface area is 149 Å². The molecule has 24 heavy (non-hydrogen) atoms. The second-order valence-electron chi connectivity index (χ2n) is 7.03. The Morgan fingerprint density at radius 1 is 1.50 bits per heavy atom. The van der Waals surface area contributed by atoms with Crippen LogP contribution >= 0.6 is 15.9 Å². The van der Waals surface area contributed by atoms with E-state index in [1.807, 2.05) is 25.5 Å². The number of anilines is 1. The lowest BCUT2D eigenvalue weighted by Crippen LogP contribution is -2.22. The normalized spacial score (nSPS) is 18.1. The lowest BCUT2D eigenvalue weighted by atomic mass is 10.1. The number of halogens is 1. The van der Waals surface area contributed by atoms with Crippen molar-refractivity contribution in [2.24, 2.45) is 5.92 Å². The van der Waals surface area contributed by atoms with Gasteiger partial charge in [0.25, 0.3) is 5.91 Å². The van der Waals surface area contributed by atoms with E-state index in [4.69, 9.17) is 4.74 Å². The van der Waals surface area contributed by atoms with Crippen molar-refractivity contribution < 1.29 is 9.53 Å². The molecule has 1 unspecified atom stereocenters. The molecule has 2 aromatic rings. The van der Waals surface area contributed by atoms with Gasteiger partial charge in [0.1, 0.15) is 10.4 Å². The minimum absolute atomic E-state index is 0.189. The summed E-state index contributed by atoms with van der Waals surface area (Å²) in [6, 6.07) is 1.80. The van der Waals surface area contributed by atoms with Crippen molar-refractivity contribution >= 4 is 27.7 Å². The third kappa shape index (κ3) is 3.70. The Hall–Kier alpha value is -1.67. The molecular formula is C16H22BrN5O2. The van der Waals surface area contributed by atoms with Crippen molar-refractivity contribution in [1.82, 2.24) is 19.6 Å². The molecule has 0 saturated carbocycles. The maximum absolute atomic E-state index is 12.6. The molecule has 2 aromatic heterocycles. The van der Waals surface area contributed by atoms with E-state index >= 15 is 0 Å². The van der Waals surface area contributed by atoms with E-state index < -0.39 is 0 Å². The lowest BCUT2D eigenvalue weighted by Gasteiger charge is -2.18. The van der Waals surface area contributed by atoms with Gasteiger partial charge in [-0.2, -0.15) is 10.2 Å². The first-order valence-corrected chi connectivity index (χ1v) is 8.80. The fourth-order valence-corrected chi connectivity index (χ4v) is 3.04. The van der Waals surface area contributed by atoms with Gasteiger partial charge in [-0.25, -0.2) is 4.68 Å². The van der Waals surface area contributed by atoms with E-state index in [1.54, 1.807) is 23.1 Å². The first-order chi connectivity index (χ1) is 11.3. The van der Waals surface area contributed by atoms with Gasteiger partial charge in [0.2, 0.25) is 0 Å². The summed E-state index contributed by atoms with van der Waals surface area (Å²) in [6.07, 6.45) is 4.47. The van der Waals surface area contributed by atoms with E-state index in [0.29, 0.717) is 21.9 Å². The number of carbonyl (C=O) groups excluding carboxylic acids is 1. The summed E-state index contributed by atoms with van der Waals surface area (Å²) in [5.41, 5.74) is 0.313. The Bertz CT molecular complexity index is 725. The van der Waals surface area contributed by atoms with Gasteiger partial charge in [-0.15, -0.1) is 0 Å². The molecule has 0 aliphatic carbocycles. The van der Waals surface area contributed by atoms with Crippen LogP contribution in [0.2, 0.25) is 0 Å². The summed E-state index contributed by atoms with van der Waals surface area (Å²) in [5, 5.41) is 11.6. The van der Waals surface area contributed by atoms with Crippen LogP contribution in [0.1, 0.15) is 37.6 Å². The highest BCUT2D eigenvalue weighted by atomic mass is 79.9. The van der Waals surface area contributed by atoms with Gasteiger partial charge in [0.15, 0.2) is 0 Å². The second kappa shape index (κ2) is 6.68. The third-order valence-corrected chi connectivity index (χ3v) is 4.60. The van der Waals surface area contributed by atoms with Crippen LogP contribution in [0.5, 0.6) is 0 Å². The summed E-state index contributed by atoms with van der Waals surface area (Å²) >= 11 is 3.37. The van der Waals surface area contributed by atoms with E-state index in [1.165, 1.54) is 0 Å². The number of amides is 1. The molecule has 7 nitrogen and oxygen atoms in total. The first kappa shape index (κ1) is 17.2. The molecular weight excluding hydrogens is 374 g/mol. The van der Waals surface area contributed by atoms with Crippen LogP contribution in [0, 0.1) is 5.92 Å². The zero-order valence-electron chi connectivity index (χ0n) is 14.1. The molecule has 0 spiro atoms. The Morgan fingerprint density at radius 3 is 2.92 bits per heavy atom. The van der Waals surface area contributed by atoms with Gasteiger partial charge in [0, 0.05) is 31.3 Å². The highest BCUT2D eigenvalue weighted by molar-refractivity contribution is 9.10. The monoisotopic (exact) mass is 395 g/mol. The molecule has 0 bridgehead atoms. The molecule has 0 aromatic carbocycles. The highest BCUT2D eigenvalue weighted by Crippen LogP contribution is 2.22. The minimum Gasteiger partial charge on any atom is -0.381 e. The topological polar surface area (TPSA) is 74.0 Å². The van der Waals surface area contributed by atoms with Gasteiger partial charge >= 0.3 is 0 Å². The van der Waals surface area contributed by atoms with Crippen LogP contribution in [-0.2, 0) is 16.8 Å². The summed E-state index contributed by atoms with van der Waals surface area (Å²) in [5.74, 6) is 0.917. The van der Waals surface area contributed by atoms with E-state index in [-0.39, 0.29) is 11.4 Å². The molecule has 1 fully saturated rings. The van der Waals surface area contributed by atoms with E-state index in [2.05, 4.69) is 31.4 Å². The van der Waals surface area contributed by atoms with Crippen molar-refractivity contribution in [2.45, 2.75) is 39.3 Å². The molecule has 1 aliphatic heterocycles. The van der Waals surface area contributed by atoms with Crippen molar-refractivity contribution in [1.29, 1.82) is 0 Å². The second-order valence-corrected chi connectivity index (χ2v) is 7.78. The lowest BCUT2D eigenvalue weighted by molar-refractivity contribution is 0.102. The molecule has 1 atom stereocenters. The number of hydrogen-bond acceptors (Lipinski definition) is 4. The molecule has 1 N–H and O–H groups in total. The molecule has 130 valence electrons. The standard InChI is InChI=1S/C16H22BrN5O2/c1-16(2,3)22-9-12(14(17)20-22)15(23)19-13-4-6-18-21(13)8-11-5-7-24-10-11/h4,6,9,11H,5,7-8,10H2,1-3H3,(H,19,23). The predicted molar refractivity (Wildman–Crippen MR) is 94.0 cm³/mol. The number of hydrogen-bond donors (Lipinski definition) is 1. The van der Waals surface area contributed by atoms with Gasteiger partial charge in [-0.1, -0.05) is 0 Å². The van der Waals surface area contributed by atoms with Gasteiger partial charge in [0.05, 0.1) is 23.9 Å². The van der Waals surface area contributed by atoms with Crippen LogP contribution in [0.4, 0.5) is 5.82 Å². The van der Waals surface area contributed by atoms with Crippen LogP contribution in [0.15, 0.2) is 23.1 Å². The van der Waals surface area contributed by atoms with Gasteiger partial charge in [-0.05, 0) is 43.1 Å². The Morgan fingerprint density at radius 2 is 2.29 bits per heavy atom. The smallest absolute Gasteiger partial charge is 0.261 e. The highest BCUT2D eigenvalue weighted by Gasteiger charge is 2.22. The van der Waals surface area contributed by atoms with Crippen LogP contribution in [0.3, 0.4) is 0 Å². The van der Waals surface area contributed by atoms with Crippen LogP contribution in [-0.4, -0.2) is 38.7 Å². The van der Waals surface area contributed by atoms with Crippen LogP contribution < -0.4 is 5.32 Å². The maximum Gasteiger partial charge on any atom is 0.261 e. The quantitative estimate of drug-likeness (QED) is 0.863. The van der Waals surface area contributed by atoms with Crippen molar-refractivity contribution in [2.75, 3.05) is 18.5 Å². The van der Waals surface area contributed by atoms with Crippen molar-refractivity contribution in [3.05, 3.63) is 28.6 Å². The Balaban J connectivity index is 1.73. The van der Waals surface area contributed by atoms with Crippen molar-refractivity contribution in [3.8, 4) is 0 Å². The molecule has 1 amide bonds. The number of nitrogens with zero attached hydrogens (tertiary/aromatic N) is 4. The predicted octanol–water partition coefficient (Wildman–Crippen LogP) is 2.89. The SMILES string of the molecule is CC(C)(C)n1cc(C(=O)Nc2ccnn2CC2CCOC2)c(Br)n1. The Kier molecular flexibility index (Phi) is 4.78. The van der Waals surface area contributed by atoms with E-state index in [9.17, 15) is 4.79 Å². The molecule has 3 rings (SSSR count). The summed E-state index contributed by atoms with van der Waals surface area (Å²) < 4.78 is 9.53. The molecule has 3 heterocycles. The number of carbonyl (C=O) groups is 1. The average molecular weight is 396 g/mol. The summed E-state index contributed by atoms with van der Waals surface area (Å²) in [7, 11) is 0. The fourth-order valence-electron chi connectivity index (χ4n) is 2.59. The summed E-state index contributed by atoms with van der Waals surface area (Å²) in [4.78, 5) is 12.6. The maximum atomic E-state index is 12.6. The number of rotatable bonds is 4. The van der Waals surface area contributed by atoms with E-state index in [0.717, 1.165) is 26.2 Å². The number of aromatic nitrogens is 4. The molecule has 8 heteroatoms. The minimum atomic E-state index is -0.207. The zero-order valence-corrected chi connectivity index (χ0v) is 15.7. The molecule has 1 aliphatic rings. The summed E-state index contributed by atoms with van der Waals surface area (Å²) in [6.45, 7) is 8.39. The number of nitrogens with one attached hydrogen (secondary N) is 1. The largest absolute Gasteiger partial charge is 0.381 e. The first-order valence-electron chi connectivity index (χ1n) is 8.01.